The number of urea groups is 1. The molecule has 0 aromatic heterocycles. The third-order valence-electron chi connectivity index (χ3n) is 4.08. The quantitative estimate of drug-likeness (QED) is 0.680. The number of rotatable bonds is 6. The second-order valence-electron chi connectivity index (χ2n) is 6.38. The Morgan fingerprint density at radius 1 is 1.38 bits per heavy atom. The molecule has 1 aliphatic heterocycles. The van der Waals surface area contributed by atoms with Gasteiger partial charge >= 0.3 is 6.03 Å². The van der Waals surface area contributed by atoms with Crippen molar-refractivity contribution in [2.45, 2.75) is 46.1 Å². The van der Waals surface area contributed by atoms with Crippen molar-refractivity contribution in [3.05, 3.63) is 0 Å². The van der Waals surface area contributed by atoms with Gasteiger partial charge < -0.3 is 11.1 Å². The summed E-state index contributed by atoms with van der Waals surface area (Å²) >= 11 is 0. The summed E-state index contributed by atoms with van der Waals surface area (Å²) in [6.07, 6.45) is 3.13. The Hall–Kier alpha value is -1.14. The van der Waals surface area contributed by atoms with Crippen molar-refractivity contribution >= 4 is 11.9 Å². The number of hydrogen-bond donors (Lipinski definition) is 3. The first-order valence-electron chi connectivity index (χ1n) is 7.95. The maximum Gasteiger partial charge on any atom is 0.321 e. The predicted octanol–water partition coefficient (Wildman–Crippen LogP) is 0.918. The Morgan fingerprint density at radius 2 is 2.10 bits per heavy atom. The molecule has 0 radical (unpaired) electrons. The van der Waals surface area contributed by atoms with Crippen LogP contribution in [0, 0.1) is 11.8 Å². The number of amides is 3. The van der Waals surface area contributed by atoms with Gasteiger partial charge in [-0.1, -0.05) is 20.8 Å². The first-order chi connectivity index (χ1) is 9.93. The Kier molecular flexibility index (Phi) is 7.67. The molecule has 1 aliphatic rings. The van der Waals surface area contributed by atoms with E-state index in [1.54, 1.807) is 0 Å². The van der Waals surface area contributed by atoms with E-state index in [1.807, 2.05) is 0 Å². The molecule has 6 nitrogen and oxygen atoms in total. The second kappa shape index (κ2) is 9.00. The van der Waals surface area contributed by atoms with Gasteiger partial charge in [-0.05, 0) is 37.6 Å². The summed E-state index contributed by atoms with van der Waals surface area (Å²) in [5.74, 6) is 0.766. The molecule has 0 bridgehead atoms. The number of hydrogen-bond acceptors (Lipinski definition) is 4. The fourth-order valence-electron chi connectivity index (χ4n) is 2.78. The predicted molar refractivity (Wildman–Crippen MR) is 83.8 cm³/mol. The van der Waals surface area contributed by atoms with Crippen LogP contribution in [0.5, 0.6) is 0 Å². The number of piperidine rings is 1. The normalized spacial score (nSPS) is 23.1. The molecule has 21 heavy (non-hydrogen) atoms. The van der Waals surface area contributed by atoms with Crippen LogP contribution < -0.4 is 16.4 Å². The van der Waals surface area contributed by atoms with Gasteiger partial charge in [-0.25, -0.2) is 4.79 Å². The zero-order chi connectivity index (χ0) is 15.8. The molecule has 6 heteroatoms. The van der Waals surface area contributed by atoms with Crippen molar-refractivity contribution in [1.29, 1.82) is 0 Å². The van der Waals surface area contributed by atoms with Gasteiger partial charge in [-0.15, -0.1) is 0 Å². The van der Waals surface area contributed by atoms with Crippen molar-refractivity contribution in [2.75, 3.05) is 26.2 Å². The molecule has 1 fully saturated rings. The van der Waals surface area contributed by atoms with E-state index in [0.717, 1.165) is 25.8 Å². The summed E-state index contributed by atoms with van der Waals surface area (Å²) in [6, 6.07) is -0.177. The van der Waals surface area contributed by atoms with Crippen LogP contribution in [0.2, 0.25) is 0 Å². The smallest absolute Gasteiger partial charge is 0.321 e. The van der Waals surface area contributed by atoms with Crippen molar-refractivity contribution in [3.63, 3.8) is 0 Å². The topological polar surface area (TPSA) is 87.5 Å². The van der Waals surface area contributed by atoms with Crippen molar-refractivity contribution < 1.29 is 9.59 Å². The molecule has 1 saturated heterocycles. The minimum atomic E-state index is -0.407. The molecule has 0 aromatic rings. The van der Waals surface area contributed by atoms with E-state index in [4.69, 9.17) is 5.73 Å². The average Bonchev–Trinajstić information content (AvgIpc) is 2.38. The Morgan fingerprint density at radius 3 is 2.71 bits per heavy atom. The van der Waals surface area contributed by atoms with Crippen LogP contribution in [-0.2, 0) is 4.79 Å². The van der Waals surface area contributed by atoms with E-state index < -0.39 is 6.03 Å². The van der Waals surface area contributed by atoms with Gasteiger partial charge in [0.15, 0.2) is 0 Å². The molecule has 1 heterocycles. The zero-order valence-electron chi connectivity index (χ0n) is 13.5. The molecule has 0 saturated carbocycles. The van der Waals surface area contributed by atoms with Crippen molar-refractivity contribution in [3.8, 4) is 0 Å². The number of nitrogens with two attached hydrogens (primary N) is 1. The van der Waals surface area contributed by atoms with Crippen LogP contribution in [-0.4, -0.2) is 49.1 Å². The third-order valence-corrected chi connectivity index (χ3v) is 4.08. The van der Waals surface area contributed by atoms with Crippen molar-refractivity contribution in [1.82, 2.24) is 15.5 Å². The SMILES string of the molecule is CC(C)CCNC(=O)NC(=O)CN1CCCC(C)C1CN. The number of nitrogens with zero attached hydrogens (tertiary/aromatic N) is 1. The highest BCUT2D eigenvalue weighted by atomic mass is 16.2. The molecular weight excluding hydrogens is 268 g/mol. The number of carbonyl (C=O) groups excluding carboxylic acids is 2. The molecule has 0 aromatic carbocycles. The van der Waals surface area contributed by atoms with E-state index in [9.17, 15) is 9.59 Å². The van der Waals surface area contributed by atoms with E-state index in [1.165, 1.54) is 0 Å². The highest BCUT2D eigenvalue weighted by molar-refractivity contribution is 5.95. The van der Waals surface area contributed by atoms with Gasteiger partial charge in [0.25, 0.3) is 0 Å². The summed E-state index contributed by atoms with van der Waals surface area (Å²) in [4.78, 5) is 25.6. The van der Waals surface area contributed by atoms with E-state index in [0.29, 0.717) is 24.9 Å². The van der Waals surface area contributed by atoms with Crippen LogP contribution in [0.4, 0.5) is 4.79 Å². The van der Waals surface area contributed by atoms with Gasteiger partial charge in [-0.2, -0.15) is 0 Å². The highest BCUT2D eigenvalue weighted by Crippen LogP contribution is 2.21. The number of nitrogens with one attached hydrogen (secondary N) is 2. The molecule has 1 rings (SSSR count). The summed E-state index contributed by atoms with van der Waals surface area (Å²) < 4.78 is 0. The summed E-state index contributed by atoms with van der Waals surface area (Å²) in [5, 5.41) is 5.09. The van der Waals surface area contributed by atoms with Crippen LogP contribution >= 0.6 is 0 Å². The molecule has 4 N–H and O–H groups in total. The lowest BCUT2D eigenvalue weighted by molar-refractivity contribution is -0.122. The highest BCUT2D eigenvalue weighted by Gasteiger charge is 2.28. The minimum Gasteiger partial charge on any atom is -0.338 e. The molecule has 0 spiro atoms. The first-order valence-corrected chi connectivity index (χ1v) is 7.95. The summed E-state index contributed by atoms with van der Waals surface area (Å²) in [5.41, 5.74) is 5.80. The average molecular weight is 298 g/mol. The van der Waals surface area contributed by atoms with Gasteiger partial charge in [0.1, 0.15) is 0 Å². The molecule has 0 aliphatic carbocycles. The van der Waals surface area contributed by atoms with Crippen LogP contribution in [0.1, 0.15) is 40.0 Å². The zero-order valence-corrected chi connectivity index (χ0v) is 13.5. The van der Waals surface area contributed by atoms with E-state index in [2.05, 4.69) is 36.3 Å². The largest absolute Gasteiger partial charge is 0.338 e. The van der Waals surface area contributed by atoms with Gasteiger partial charge in [-0.3, -0.25) is 15.0 Å². The molecule has 3 amide bonds. The Labute approximate surface area is 127 Å². The molecule has 2 unspecified atom stereocenters. The Balaban J connectivity index is 2.33. The molecule has 122 valence electrons. The summed E-state index contributed by atoms with van der Waals surface area (Å²) in [7, 11) is 0. The third kappa shape index (κ3) is 6.44. The van der Waals surface area contributed by atoms with Crippen LogP contribution in [0.25, 0.3) is 0 Å². The van der Waals surface area contributed by atoms with E-state index >= 15 is 0 Å². The lowest BCUT2D eigenvalue weighted by atomic mass is 9.91. The fraction of sp³-hybridized carbons (Fsp3) is 0.867. The monoisotopic (exact) mass is 298 g/mol. The minimum absolute atomic E-state index is 0.230. The standard InChI is InChI=1S/C15H30N4O2/c1-11(2)6-7-17-15(21)18-14(20)10-19-8-4-5-12(3)13(19)9-16/h11-13H,4-10,16H2,1-3H3,(H2,17,18,20,21). The van der Waals surface area contributed by atoms with Crippen molar-refractivity contribution in [2.24, 2.45) is 17.6 Å². The maximum atomic E-state index is 11.9. The maximum absolute atomic E-state index is 11.9. The van der Waals surface area contributed by atoms with Crippen LogP contribution in [0.3, 0.4) is 0 Å². The first kappa shape index (κ1) is 17.9. The van der Waals surface area contributed by atoms with E-state index in [-0.39, 0.29) is 18.5 Å². The lowest BCUT2D eigenvalue weighted by Gasteiger charge is -2.38. The number of imide groups is 1. The van der Waals surface area contributed by atoms with Gasteiger partial charge in [0.05, 0.1) is 6.54 Å². The number of carbonyl (C=O) groups is 2. The molecule has 2 atom stereocenters. The number of likely N-dealkylation sites (tertiary alicyclic amines) is 1. The fourth-order valence-corrected chi connectivity index (χ4v) is 2.78. The van der Waals surface area contributed by atoms with Gasteiger partial charge in [0.2, 0.25) is 5.91 Å². The Bertz CT molecular complexity index is 347. The second-order valence-corrected chi connectivity index (χ2v) is 6.38. The lowest BCUT2D eigenvalue weighted by Crippen LogP contribution is -2.53. The molecular formula is C15H30N4O2. The van der Waals surface area contributed by atoms with Gasteiger partial charge in [0, 0.05) is 19.1 Å². The van der Waals surface area contributed by atoms with Crippen LogP contribution in [0.15, 0.2) is 0 Å². The summed E-state index contributed by atoms with van der Waals surface area (Å²) in [6.45, 7) is 8.60.